The third-order valence-electron chi connectivity index (χ3n) is 3.16. The molecule has 0 spiro atoms. The molecule has 3 N–H and O–H groups in total. The maximum atomic E-state index is 11.4. The number of carbonyl (C=O) groups is 1. The Morgan fingerprint density at radius 1 is 1.40 bits per heavy atom. The first-order valence-electron chi connectivity index (χ1n) is 6.20. The molecule has 0 fully saturated rings. The van der Waals surface area contributed by atoms with Crippen LogP contribution < -0.4 is 0 Å². The molecule has 0 aliphatic heterocycles. The number of nitrogens with one attached hydrogen (secondary N) is 1. The highest BCUT2D eigenvalue weighted by atomic mass is 35.5. The van der Waals surface area contributed by atoms with Crippen molar-refractivity contribution >= 4 is 28.5 Å². The number of aromatic amines is 1. The number of ether oxygens (including phenoxy) is 1. The van der Waals surface area contributed by atoms with Crippen LogP contribution in [0.2, 0.25) is 0 Å². The van der Waals surface area contributed by atoms with Gasteiger partial charge in [-0.05, 0) is 24.1 Å². The van der Waals surface area contributed by atoms with Gasteiger partial charge in [-0.25, -0.2) is 4.79 Å². The lowest BCUT2D eigenvalue weighted by Gasteiger charge is -2.17. The Labute approximate surface area is 121 Å². The summed E-state index contributed by atoms with van der Waals surface area (Å²) < 4.78 is 4.64. The zero-order valence-corrected chi connectivity index (χ0v) is 11.7. The Bertz CT molecular complexity index is 610. The molecule has 0 bridgehead atoms. The molecule has 2 atom stereocenters. The minimum absolute atomic E-state index is 0.273. The molecule has 1 aromatic heterocycles. The fourth-order valence-electron chi connectivity index (χ4n) is 2.04. The first-order valence-corrected chi connectivity index (χ1v) is 6.73. The number of aromatic nitrogens is 1. The van der Waals surface area contributed by atoms with Gasteiger partial charge in [0.2, 0.25) is 0 Å². The number of carbonyl (C=O) groups excluding carboxylic acids is 1. The number of aliphatic hydroxyl groups is 2. The first kappa shape index (κ1) is 14.8. The van der Waals surface area contributed by atoms with E-state index in [1.54, 1.807) is 24.3 Å². The minimum Gasteiger partial charge on any atom is -0.464 e. The van der Waals surface area contributed by atoms with E-state index in [0.717, 1.165) is 5.39 Å². The minimum atomic E-state index is -1.01. The molecule has 0 radical (unpaired) electrons. The third kappa shape index (κ3) is 2.95. The summed E-state index contributed by atoms with van der Waals surface area (Å²) in [5.74, 6) is -0.180. The molecule has 6 heteroatoms. The fraction of sp³-hybridized carbons (Fsp3) is 0.357. The van der Waals surface area contributed by atoms with Crippen LogP contribution >= 0.6 is 11.6 Å². The summed E-state index contributed by atoms with van der Waals surface area (Å²) in [5, 5.41) is 20.6. The van der Waals surface area contributed by atoms with Gasteiger partial charge in [-0.15, -0.1) is 11.6 Å². The van der Waals surface area contributed by atoms with Crippen LogP contribution in [0.15, 0.2) is 24.3 Å². The number of methoxy groups -OCH3 is 1. The summed E-state index contributed by atoms with van der Waals surface area (Å²) >= 11 is 5.55. The van der Waals surface area contributed by atoms with E-state index >= 15 is 0 Å². The van der Waals surface area contributed by atoms with Gasteiger partial charge in [0.15, 0.2) is 0 Å². The average Bonchev–Trinajstić information content (AvgIpc) is 2.88. The molecular weight excluding hydrogens is 282 g/mol. The van der Waals surface area contributed by atoms with Crippen LogP contribution in [0, 0.1) is 0 Å². The van der Waals surface area contributed by atoms with Gasteiger partial charge in [0.25, 0.3) is 0 Å². The number of rotatable bonds is 5. The number of alkyl halides is 1. The number of halogens is 1. The van der Waals surface area contributed by atoms with Crippen molar-refractivity contribution in [2.45, 2.75) is 18.6 Å². The van der Waals surface area contributed by atoms with Crippen LogP contribution in [-0.2, 0) is 4.74 Å². The molecule has 1 aromatic carbocycles. The summed E-state index contributed by atoms with van der Waals surface area (Å²) in [7, 11) is 1.31. The monoisotopic (exact) mass is 297 g/mol. The van der Waals surface area contributed by atoms with Crippen molar-refractivity contribution < 1.29 is 19.7 Å². The van der Waals surface area contributed by atoms with Gasteiger partial charge in [-0.2, -0.15) is 0 Å². The second-order valence-electron chi connectivity index (χ2n) is 4.51. The van der Waals surface area contributed by atoms with Gasteiger partial charge < -0.3 is 19.9 Å². The number of hydrogen-bond acceptors (Lipinski definition) is 4. The molecule has 0 aliphatic rings. The predicted molar refractivity (Wildman–Crippen MR) is 75.9 cm³/mol. The second-order valence-corrected chi connectivity index (χ2v) is 4.89. The number of H-pyrrole nitrogens is 1. The van der Waals surface area contributed by atoms with Gasteiger partial charge in [0.05, 0.1) is 13.2 Å². The van der Waals surface area contributed by atoms with E-state index < -0.39 is 18.2 Å². The van der Waals surface area contributed by atoms with Crippen molar-refractivity contribution in [1.29, 1.82) is 0 Å². The third-order valence-corrected chi connectivity index (χ3v) is 3.38. The molecule has 0 aliphatic carbocycles. The second kappa shape index (κ2) is 6.26. The largest absolute Gasteiger partial charge is 0.464 e. The fourth-order valence-corrected chi connectivity index (χ4v) is 2.26. The molecule has 0 saturated heterocycles. The normalized spacial score (nSPS) is 14.2. The Balaban J connectivity index is 2.31. The van der Waals surface area contributed by atoms with Crippen molar-refractivity contribution in [1.82, 2.24) is 4.98 Å². The predicted octanol–water partition coefficient (Wildman–Crippen LogP) is 1.98. The summed E-state index contributed by atoms with van der Waals surface area (Å²) in [6.07, 6.45) is -1.62. The highest BCUT2D eigenvalue weighted by molar-refractivity contribution is 6.17. The van der Waals surface area contributed by atoms with Crippen LogP contribution in [-0.4, -0.2) is 40.3 Å². The maximum Gasteiger partial charge on any atom is 0.354 e. The molecule has 108 valence electrons. The summed E-state index contributed by atoms with van der Waals surface area (Å²) in [5.41, 5.74) is 1.60. The van der Waals surface area contributed by atoms with E-state index in [4.69, 9.17) is 11.6 Å². The zero-order valence-electron chi connectivity index (χ0n) is 11.0. The number of hydrogen-bond donors (Lipinski definition) is 3. The lowest BCUT2D eigenvalue weighted by Crippen LogP contribution is -2.18. The molecule has 20 heavy (non-hydrogen) atoms. The Morgan fingerprint density at radius 2 is 2.15 bits per heavy atom. The van der Waals surface area contributed by atoms with E-state index in [1.165, 1.54) is 7.11 Å². The standard InChI is InChI=1S/C14H16ClNO4/c1-20-14(19)11-6-8-2-3-9(7-10(8)16-11)13(18)12(17)4-5-15/h2-3,6-7,12-13,16-18H,4-5H2,1H3. The summed E-state index contributed by atoms with van der Waals surface area (Å²) in [6.45, 7) is 0. The molecule has 0 saturated carbocycles. The number of benzene rings is 1. The molecule has 1 heterocycles. The summed E-state index contributed by atoms with van der Waals surface area (Å²) in [4.78, 5) is 14.4. The van der Waals surface area contributed by atoms with Crippen LogP contribution in [0.3, 0.4) is 0 Å². The quantitative estimate of drug-likeness (QED) is 0.582. The van der Waals surface area contributed by atoms with Crippen LogP contribution in [0.5, 0.6) is 0 Å². The molecule has 2 aromatic rings. The van der Waals surface area contributed by atoms with Gasteiger partial charge in [-0.3, -0.25) is 0 Å². The van der Waals surface area contributed by atoms with E-state index in [-0.39, 0.29) is 5.88 Å². The van der Waals surface area contributed by atoms with Crippen molar-refractivity contribution in [3.8, 4) is 0 Å². The lowest BCUT2D eigenvalue weighted by molar-refractivity contribution is 0.0171. The molecule has 2 rings (SSSR count). The zero-order chi connectivity index (χ0) is 14.7. The van der Waals surface area contributed by atoms with Gasteiger partial charge in [0.1, 0.15) is 11.8 Å². The topological polar surface area (TPSA) is 82.6 Å². The smallest absolute Gasteiger partial charge is 0.354 e. The molecular formula is C14H16ClNO4. The number of aliphatic hydroxyl groups excluding tert-OH is 2. The van der Waals surface area contributed by atoms with Crippen LogP contribution in [0.1, 0.15) is 28.6 Å². The first-order chi connectivity index (χ1) is 9.56. The Morgan fingerprint density at radius 3 is 2.80 bits per heavy atom. The van der Waals surface area contributed by atoms with E-state index in [9.17, 15) is 15.0 Å². The van der Waals surface area contributed by atoms with Crippen LogP contribution in [0.25, 0.3) is 10.9 Å². The van der Waals surface area contributed by atoms with Gasteiger partial charge in [0, 0.05) is 16.8 Å². The lowest BCUT2D eigenvalue weighted by atomic mass is 10.0. The highest BCUT2D eigenvalue weighted by Gasteiger charge is 2.18. The van der Waals surface area contributed by atoms with E-state index in [1.807, 2.05) is 0 Å². The maximum absolute atomic E-state index is 11.4. The van der Waals surface area contributed by atoms with Crippen molar-refractivity contribution in [2.24, 2.45) is 0 Å². The molecule has 0 amide bonds. The van der Waals surface area contributed by atoms with Crippen LogP contribution in [0.4, 0.5) is 0 Å². The highest BCUT2D eigenvalue weighted by Crippen LogP contribution is 2.24. The number of fused-ring (bicyclic) bond motifs is 1. The summed E-state index contributed by atoms with van der Waals surface area (Å²) in [6, 6.07) is 6.85. The number of esters is 1. The van der Waals surface area contributed by atoms with Crippen molar-refractivity contribution in [3.05, 3.63) is 35.5 Å². The van der Waals surface area contributed by atoms with E-state index in [0.29, 0.717) is 23.2 Å². The van der Waals surface area contributed by atoms with E-state index in [2.05, 4.69) is 9.72 Å². The average molecular weight is 298 g/mol. The van der Waals surface area contributed by atoms with Crippen molar-refractivity contribution in [2.75, 3.05) is 13.0 Å². The SMILES string of the molecule is COC(=O)c1cc2ccc(C(O)C(O)CCCl)cc2[nH]1. The molecule has 5 nitrogen and oxygen atoms in total. The Kier molecular flexibility index (Phi) is 4.65. The van der Waals surface area contributed by atoms with Gasteiger partial charge >= 0.3 is 5.97 Å². The van der Waals surface area contributed by atoms with Crippen molar-refractivity contribution in [3.63, 3.8) is 0 Å². The Hall–Kier alpha value is -1.56. The van der Waals surface area contributed by atoms with Gasteiger partial charge in [-0.1, -0.05) is 12.1 Å². The molecule has 2 unspecified atom stereocenters.